The number of unbranched alkanes of at least 4 members (excludes halogenated alkanes) is 10. The Labute approximate surface area is 358 Å². The predicted octanol–water partition coefficient (Wildman–Crippen LogP) is 17.8. The van der Waals surface area contributed by atoms with Crippen LogP contribution in [0.1, 0.15) is 230 Å². The normalized spacial score (nSPS) is 29.0. The van der Waals surface area contributed by atoms with E-state index in [0.717, 1.165) is 87.2 Å². The van der Waals surface area contributed by atoms with E-state index in [2.05, 4.69) is 13.8 Å². The molecule has 6 rings (SSSR count). The SMILES string of the molecule is CCCCCCCCC1CCC(C2CCC(C(OC(c3ccc(F)cc3F)C3CCC(C4CCC(CCCCCCCC)CC4)CC3)c3ccc(F)cc3F)CC2)CC1. The zero-order chi connectivity index (χ0) is 41.4. The minimum atomic E-state index is -0.612. The maximum atomic E-state index is 15.8. The summed E-state index contributed by atoms with van der Waals surface area (Å²) in [5, 5.41) is 0. The van der Waals surface area contributed by atoms with Crippen molar-refractivity contribution in [3.63, 3.8) is 0 Å². The molecule has 0 N–H and O–H groups in total. The molecule has 0 aliphatic heterocycles. The van der Waals surface area contributed by atoms with Gasteiger partial charge in [0, 0.05) is 23.3 Å². The molecule has 2 aromatic rings. The van der Waals surface area contributed by atoms with Crippen LogP contribution in [0.3, 0.4) is 0 Å². The Hall–Kier alpha value is -1.88. The molecule has 0 aromatic heterocycles. The van der Waals surface area contributed by atoms with Crippen molar-refractivity contribution in [1.29, 1.82) is 0 Å². The fourth-order valence-electron chi connectivity index (χ4n) is 12.7. The summed E-state index contributed by atoms with van der Waals surface area (Å²) in [6.07, 6.45) is 36.9. The maximum Gasteiger partial charge on any atom is 0.131 e. The molecule has 0 saturated heterocycles. The van der Waals surface area contributed by atoms with Crippen molar-refractivity contribution < 1.29 is 22.3 Å². The lowest BCUT2D eigenvalue weighted by Gasteiger charge is -2.43. The van der Waals surface area contributed by atoms with Crippen molar-refractivity contribution in [3.05, 3.63) is 70.8 Å². The smallest absolute Gasteiger partial charge is 0.131 e. The third-order valence-corrected chi connectivity index (χ3v) is 16.4. The lowest BCUT2D eigenvalue weighted by molar-refractivity contribution is -0.0959. The van der Waals surface area contributed by atoms with Crippen LogP contribution in [-0.2, 0) is 4.74 Å². The lowest BCUT2D eigenvalue weighted by atomic mass is 9.67. The first kappa shape index (κ1) is 46.6. The van der Waals surface area contributed by atoms with E-state index in [-0.39, 0.29) is 11.8 Å². The highest BCUT2D eigenvalue weighted by atomic mass is 19.1. The fourth-order valence-corrected chi connectivity index (χ4v) is 12.7. The Morgan fingerprint density at radius 3 is 1.08 bits per heavy atom. The first-order chi connectivity index (χ1) is 28.8. The number of halogens is 4. The Kier molecular flexibility index (Phi) is 19.5. The topological polar surface area (TPSA) is 9.23 Å². The molecule has 0 radical (unpaired) electrons. The van der Waals surface area contributed by atoms with Crippen LogP contribution in [0.5, 0.6) is 0 Å². The molecule has 2 unspecified atom stereocenters. The van der Waals surface area contributed by atoms with Crippen molar-refractivity contribution >= 4 is 0 Å². The average Bonchev–Trinajstić information content (AvgIpc) is 3.25. The quantitative estimate of drug-likeness (QED) is 0.0849. The molecule has 4 saturated carbocycles. The molecule has 4 fully saturated rings. The van der Waals surface area contributed by atoms with Crippen LogP contribution in [0, 0.1) is 70.6 Å². The summed E-state index contributed by atoms with van der Waals surface area (Å²) in [6, 6.07) is 7.74. The Bertz CT molecular complexity index is 1350. The second-order valence-corrected chi connectivity index (χ2v) is 20.3. The van der Waals surface area contributed by atoms with E-state index >= 15 is 8.78 Å². The maximum absolute atomic E-state index is 15.8. The number of ether oxygens (including phenoxy) is 1. The number of rotatable bonds is 22. The highest BCUT2D eigenvalue weighted by molar-refractivity contribution is 5.25. The molecule has 0 amide bonds. The van der Waals surface area contributed by atoms with Gasteiger partial charge in [-0.1, -0.05) is 142 Å². The van der Waals surface area contributed by atoms with E-state index in [4.69, 9.17) is 4.74 Å². The first-order valence-corrected chi connectivity index (χ1v) is 25.4. The molecule has 4 aliphatic rings. The Balaban J connectivity index is 1.06. The van der Waals surface area contributed by atoms with Gasteiger partial charge in [-0.2, -0.15) is 0 Å². The minimum Gasteiger partial charge on any atom is -0.365 e. The molecule has 2 aromatic carbocycles. The lowest BCUT2D eigenvalue weighted by Crippen LogP contribution is -2.32. The monoisotopic (exact) mass is 823 g/mol. The van der Waals surface area contributed by atoms with Crippen LogP contribution < -0.4 is 0 Å². The second-order valence-electron chi connectivity index (χ2n) is 20.3. The van der Waals surface area contributed by atoms with Gasteiger partial charge in [0.15, 0.2) is 0 Å². The molecule has 1 nitrogen and oxygen atoms in total. The molecule has 0 spiro atoms. The van der Waals surface area contributed by atoms with Gasteiger partial charge in [-0.05, 0) is 137 Å². The molecule has 2 atom stereocenters. The van der Waals surface area contributed by atoms with Gasteiger partial charge in [0.2, 0.25) is 0 Å². The van der Waals surface area contributed by atoms with Crippen LogP contribution in [-0.4, -0.2) is 0 Å². The van der Waals surface area contributed by atoms with E-state index in [1.165, 1.54) is 153 Å². The van der Waals surface area contributed by atoms with E-state index in [0.29, 0.717) is 23.0 Å². The van der Waals surface area contributed by atoms with Gasteiger partial charge in [0.25, 0.3) is 0 Å². The number of benzene rings is 2. The summed E-state index contributed by atoms with van der Waals surface area (Å²) in [6.45, 7) is 4.56. The summed E-state index contributed by atoms with van der Waals surface area (Å²) < 4.78 is 67.5. The zero-order valence-corrected chi connectivity index (χ0v) is 37.4. The molecular formula is C54H82F4O. The third kappa shape index (κ3) is 14.1. The van der Waals surface area contributed by atoms with Gasteiger partial charge < -0.3 is 4.74 Å². The zero-order valence-electron chi connectivity index (χ0n) is 37.4. The van der Waals surface area contributed by atoms with E-state index in [1.54, 1.807) is 12.1 Å². The van der Waals surface area contributed by atoms with Crippen molar-refractivity contribution in [1.82, 2.24) is 0 Å². The highest BCUT2D eigenvalue weighted by Gasteiger charge is 2.40. The summed E-state index contributed by atoms with van der Waals surface area (Å²) >= 11 is 0. The van der Waals surface area contributed by atoms with Crippen LogP contribution in [0.4, 0.5) is 17.6 Å². The molecule has 0 bridgehead atoms. The van der Waals surface area contributed by atoms with Crippen LogP contribution >= 0.6 is 0 Å². The molecule has 332 valence electrons. The molecular weight excluding hydrogens is 741 g/mol. The predicted molar refractivity (Wildman–Crippen MR) is 237 cm³/mol. The third-order valence-electron chi connectivity index (χ3n) is 16.4. The van der Waals surface area contributed by atoms with Crippen molar-refractivity contribution in [3.8, 4) is 0 Å². The van der Waals surface area contributed by atoms with Gasteiger partial charge in [0.1, 0.15) is 23.3 Å². The van der Waals surface area contributed by atoms with Crippen LogP contribution in [0.2, 0.25) is 0 Å². The standard InChI is InChI=1S/C54H82F4O/c1-3-5-7-9-11-13-15-39-17-21-41(22-18-39)43-25-29-45(30-26-43)53(49-35-33-47(55)37-51(49)57)59-54(50-36-34-48(56)38-52(50)58)46-31-27-44(28-32-46)42-23-19-40(20-24-42)16-14-12-10-8-6-4-2/h33-46,53-54H,3-32H2,1-2H3. The van der Waals surface area contributed by atoms with Crippen molar-refractivity contribution in [2.24, 2.45) is 47.3 Å². The number of hydrogen-bond donors (Lipinski definition) is 0. The van der Waals surface area contributed by atoms with Gasteiger partial charge in [0.05, 0.1) is 12.2 Å². The molecule has 5 heteroatoms. The Morgan fingerprint density at radius 2 is 0.746 bits per heavy atom. The van der Waals surface area contributed by atoms with Crippen molar-refractivity contribution in [2.45, 2.75) is 219 Å². The molecule has 59 heavy (non-hydrogen) atoms. The highest BCUT2D eigenvalue weighted by Crippen LogP contribution is 2.51. The van der Waals surface area contributed by atoms with Gasteiger partial charge in [-0.3, -0.25) is 0 Å². The largest absolute Gasteiger partial charge is 0.365 e. The van der Waals surface area contributed by atoms with Gasteiger partial charge in [-0.25, -0.2) is 17.6 Å². The van der Waals surface area contributed by atoms with Crippen LogP contribution in [0.15, 0.2) is 36.4 Å². The fraction of sp³-hybridized carbons (Fsp3) is 0.778. The van der Waals surface area contributed by atoms with E-state index < -0.39 is 35.5 Å². The molecule has 4 aliphatic carbocycles. The second kappa shape index (κ2) is 24.7. The first-order valence-electron chi connectivity index (χ1n) is 25.4. The summed E-state index contributed by atoms with van der Waals surface area (Å²) in [5.74, 6) is 2.43. The van der Waals surface area contributed by atoms with Gasteiger partial charge >= 0.3 is 0 Å². The minimum absolute atomic E-state index is 0.0594. The van der Waals surface area contributed by atoms with Crippen LogP contribution in [0.25, 0.3) is 0 Å². The average molecular weight is 823 g/mol. The summed E-state index contributed by atoms with van der Waals surface area (Å²) in [7, 11) is 0. The summed E-state index contributed by atoms with van der Waals surface area (Å²) in [5.41, 5.74) is 0.757. The van der Waals surface area contributed by atoms with E-state index in [1.807, 2.05) is 0 Å². The van der Waals surface area contributed by atoms with E-state index in [9.17, 15) is 8.78 Å². The molecule has 0 heterocycles. The summed E-state index contributed by atoms with van der Waals surface area (Å²) in [4.78, 5) is 0. The Morgan fingerprint density at radius 1 is 0.424 bits per heavy atom. The van der Waals surface area contributed by atoms with Crippen molar-refractivity contribution in [2.75, 3.05) is 0 Å². The van der Waals surface area contributed by atoms with Gasteiger partial charge in [-0.15, -0.1) is 0 Å². The number of hydrogen-bond acceptors (Lipinski definition) is 1.